The number of fused-ring (bicyclic) bond motifs is 1. The Morgan fingerprint density at radius 3 is 2.31 bits per heavy atom. The minimum atomic E-state index is -3.70. The van der Waals surface area contributed by atoms with E-state index >= 15 is 0 Å². The molecular formula is C28H30N4O3S. The number of rotatable bonds is 7. The van der Waals surface area contributed by atoms with Gasteiger partial charge in [-0.25, -0.2) is 18.1 Å². The van der Waals surface area contributed by atoms with Gasteiger partial charge in [0.1, 0.15) is 5.82 Å². The molecule has 0 bridgehead atoms. The third-order valence-electron chi connectivity index (χ3n) is 6.89. The van der Waals surface area contributed by atoms with Gasteiger partial charge in [-0.2, -0.15) is 0 Å². The van der Waals surface area contributed by atoms with Crippen molar-refractivity contribution in [3.8, 4) is 11.4 Å². The summed E-state index contributed by atoms with van der Waals surface area (Å²) in [5.41, 5.74) is 3.39. The molecule has 5 rings (SSSR count). The molecule has 3 aromatic carbocycles. The number of carbonyl (C=O) groups is 1. The average molecular weight is 503 g/mol. The van der Waals surface area contributed by atoms with Crippen LogP contribution in [0.15, 0.2) is 83.8 Å². The number of imidazole rings is 1. The molecule has 1 amide bonds. The molecule has 1 atom stereocenters. The maximum atomic E-state index is 13.1. The Kier molecular flexibility index (Phi) is 6.89. The third kappa shape index (κ3) is 5.34. The van der Waals surface area contributed by atoms with Crippen molar-refractivity contribution in [2.75, 3.05) is 0 Å². The van der Waals surface area contributed by atoms with Gasteiger partial charge in [-0.05, 0) is 56.4 Å². The van der Waals surface area contributed by atoms with Crippen LogP contribution in [-0.4, -0.2) is 30.3 Å². The summed E-state index contributed by atoms with van der Waals surface area (Å²) in [6.45, 7) is 1.98. The van der Waals surface area contributed by atoms with Crippen LogP contribution < -0.4 is 10.0 Å². The van der Waals surface area contributed by atoms with E-state index in [1.54, 1.807) is 18.2 Å². The lowest BCUT2D eigenvalue weighted by Gasteiger charge is -2.29. The Morgan fingerprint density at radius 2 is 1.61 bits per heavy atom. The number of carbonyl (C=O) groups excluding carboxylic acids is 1. The summed E-state index contributed by atoms with van der Waals surface area (Å²) in [7, 11) is -3.70. The molecule has 8 heteroatoms. The number of hydrogen-bond donors (Lipinski definition) is 3. The molecule has 3 N–H and O–H groups in total. The zero-order valence-electron chi connectivity index (χ0n) is 20.1. The number of aromatic nitrogens is 2. The van der Waals surface area contributed by atoms with Crippen LogP contribution in [0.5, 0.6) is 0 Å². The fourth-order valence-corrected chi connectivity index (χ4v) is 6.13. The number of benzene rings is 3. The minimum Gasteiger partial charge on any atom is -0.349 e. The summed E-state index contributed by atoms with van der Waals surface area (Å²) in [5.74, 6) is 0.630. The van der Waals surface area contributed by atoms with Crippen LogP contribution in [0.1, 0.15) is 44.2 Å². The van der Waals surface area contributed by atoms with Crippen molar-refractivity contribution >= 4 is 27.0 Å². The molecule has 0 unspecified atom stereocenters. The molecule has 186 valence electrons. The number of nitrogens with zero attached hydrogens (tertiary/aromatic N) is 1. The standard InChI is InChI=1S/C28H30N4O3S/c1-19(20-8-4-2-5-9-20)29-28(33)22-12-14-23(15-13-22)32-36(34,35)24-16-17-25-26(18-24)31-27(30-25)21-10-6-3-7-11-21/h2-11,16-19,22-23,32H,12-15H2,1H3,(H,29,33)(H,30,31)/t19-,22?,23?/m1/s1. The average Bonchev–Trinajstić information content (AvgIpc) is 3.33. The van der Waals surface area contributed by atoms with Crippen LogP contribution in [0.3, 0.4) is 0 Å². The van der Waals surface area contributed by atoms with Gasteiger partial charge in [0.05, 0.1) is 22.0 Å². The first-order valence-corrected chi connectivity index (χ1v) is 13.8. The quantitative estimate of drug-likeness (QED) is 0.333. The van der Waals surface area contributed by atoms with E-state index in [0.29, 0.717) is 37.0 Å². The molecule has 7 nitrogen and oxygen atoms in total. The summed E-state index contributed by atoms with van der Waals surface area (Å²) in [6, 6.07) is 24.3. The molecule has 0 radical (unpaired) electrons. The van der Waals surface area contributed by atoms with Crippen molar-refractivity contribution in [2.45, 2.75) is 49.6 Å². The molecule has 0 saturated heterocycles. The number of H-pyrrole nitrogens is 1. The first-order chi connectivity index (χ1) is 17.4. The first kappa shape index (κ1) is 24.2. The third-order valence-corrected chi connectivity index (χ3v) is 8.41. The lowest BCUT2D eigenvalue weighted by molar-refractivity contribution is -0.126. The number of hydrogen-bond acceptors (Lipinski definition) is 4. The Labute approximate surface area is 211 Å². The molecule has 4 aromatic rings. The Bertz CT molecular complexity index is 1440. The van der Waals surface area contributed by atoms with Crippen LogP contribution in [0.25, 0.3) is 22.4 Å². The van der Waals surface area contributed by atoms with Gasteiger partial charge in [-0.3, -0.25) is 4.79 Å². The highest BCUT2D eigenvalue weighted by Gasteiger charge is 2.30. The van der Waals surface area contributed by atoms with E-state index in [1.807, 2.05) is 67.6 Å². The highest BCUT2D eigenvalue weighted by atomic mass is 32.2. The van der Waals surface area contributed by atoms with E-state index in [9.17, 15) is 13.2 Å². The van der Waals surface area contributed by atoms with Gasteiger partial charge in [-0.15, -0.1) is 0 Å². The summed E-state index contributed by atoms with van der Waals surface area (Å²) >= 11 is 0. The fourth-order valence-electron chi connectivity index (χ4n) is 4.80. The summed E-state index contributed by atoms with van der Waals surface area (Å²) in [6.07, 6.45) is 2.55. The molecule has 1 aliphatic carbocycles. The van der Waals surface area contributed by atoms with Crippen LogP contribution in [-0.2, 0) is 14.8 Å². The topological polar surface area (TPSA) is 104 Å². The molecule has 0 spiro atoms. The normalized spacial score (nSPS) is 19.1. The zero-order valence-corrected chi connectivity index (χ0v) is 21.0. The molecule has 0 aliphatic heterocycles. The lowest BCUT2D eigenvalue weighted by Crippen LogP contribution is -2.41. The van der Waals surface area contributed by atoms with Crippen LogP contribution in [0.4, 0.5) is 0 Å². The smallest absolute Gasteiger partial charge is 0.240 e. The van der Waals surface area contributed by atoms with Crippen molar-refractivity contribution in [1.82, 2.24) is 20.0 Å². The van der Waals surface area contributed by atoms with Gasteiger partial charge in [0.25, 0.3) is 0 Å². The Hall–Kier alpha value is -3.49. The van der Waals surface area contributed by atoms with Gasteiger partial charge < -0.3 is 10.3 Å². The van der Waals surface area contributed by atoms with Crippen molar-refractivity contribution in [2.24, 2.45) is 5.92 Å². The van der Waals surface area contributed by atoms with E-state index in [0.717, 1.165) is 16.6 Å². The molecule has 36 heavy (non-hydrogen) atoms. The second kappa shape index (κ2) is 10.2. The largest absolute Gasteiger partial charge is 0.349 e. The Balaban J connectivity index is 1.20. The molecule has 1 saturated carbocycles. The molecular weight excluding hydrogens is 472 g/mol. The second-order valence-electron chi connectivity index (χ2n) is 9.44. The van der Waals surface area contributed by atoms with Crippen molar-refractivity contribution in [3.05, 3.63) is 84.4 Å². The molecule has 1 heterocycles. The van der Waals surface area contributed by atoms with E-state index < -0.39 is 10.0 Å². The number of aromatic amines is 1. The first-order valence-electron chi connectivity index (χ1n) is 12.3. The second-order valence-corrected chi connectivity index (χ2v) is 11.2. The maximum absolute atomic E-state index is 13.1. The molecule has 1 aliphatic rings. The van der Waals surface area contributed by atoms with Crippen molar-refractivity contribution in [1.29, 1.82) is 0 Å². The van der Waals surface area contributed by atoms with E-state index in [4.69, 9.17) is 0 Å². The van der Waals surface area contributed by atoms with E-state index in [1.165, 1.54) is 0 Å². The molecule has 1 fully saturated rings. The van der Waals surface area contributed by atoms with Crippen molar-refractivity contribution in [3.63, 3.8) is 0 Å². The highest BCUT2D eigenvalue weighted by Crippen LogP contribution is 2.28. The number of amides is 1. The SMILES string of the molecule is C[C@@H](NC(=O)C1CCC(NS(=O)(=O)c2ccc3[nH]c(-c4ccccc4)nc3c2)CC1)c1ccccc1. The van der Waals surface area contributed by atoms with Gasteiger partial charge in [0, 0.05) is 17.5 Å². The zero-order chi connectivity index (χ0) is 25.1. The van der Waals surface area contributed by atoms with Crippen LogP contribution in [0, 0.1) is 5.92 Å². The highest BCUT2D eigenvalue weighted by molar-refractivity contribution is 7.89. The number of sulfonamides is 1. The van der Waals surface area contributed by atoms with Gasteiger partial charge in [0.2, 0.25) is 15.9 Å². The van der Waals surface area contributed by atoms with Gasteiger partial charge in [-0.1, -0.05) is 60.7 Å². The Morgan fingerprint density at radius 1 is 0.944 bits per heavy atom. The minimum absolute atomic E-state index is 0.0332. The number of nitrogens with one attached hydrogen (secondary N) is 3. The molecule has 1 aromatic heterocycles. The van der Waals surface area contributed by atoms with Crippen LogP contribution >= 0.6 is 0 Å². The van der Waals surface area contributed by atoms with Crippen molar-refractivity contribution < 1.29 is 13.2 Å². The van der Waals surface area contributed by atoms with E-state index in [2.05, 4.69) is 20.0 Å². The predicted octanol–water partition coefficient (Wildman–Crippen LogP) is 4.94. The van der Waals surface area contributed by atoms with E-state index in [-0.39, 0.29) is 28.8 Å². The summed E-state index contributed by atoms with van der Waals surface area (Å²) < 4.78 is 29.1. The van der Waals surface area contributed by atoms with Gasteiger partial charge >= 0.3 is 0 Å². The van der Waals surface area contributed by atoms with Crippen LogP contribution in [0.2, 0.25) is 0 Å². The lowest BCUT2D eigenvalue weighted by atomic mass is 9.85. The predicted molar refractivity (Wildman–Crippen MR) is 141 cm³/mol. The maximum Gasteiger partial charge on any atom is 0.240 e. The van der Waals surface area contributed by atoms with Gasteiger partial charge in [0.15, 0.2) is 0 Å². The monoisotopic (exact) mass is 502 g/mol. The summed E-state index contributed by atoms with van der Waals surface area (Å²) in [5, 5.41) is 3.10. The summed E-state index contributed by atoms with van der Waals surface area (Å²) in [4.78, 5) is 20.8. The fraction of sp³-hybridized carbons (Fsp3) is 0.286.